The van der Waals surface area contributed by atoms with Crippen molar-refractivity contribution < 1.29 is 32.6 Å². The van der Waals surface area contributed by atoms with Crippen molar-refractivity contribution in [2.24, 2.45) is 5.73 Å². The third-order valence-corrected chi connectivity index (χ3v) is 2.40. The van der Waals surface area contributed by atoms with E-state index in [-0.39, 0.29) is 0 Å². The van der Waals surface area contributed by atoms with Gasteiger partial charge in [-0.3, -0.25) is 9.59 Å². The number of hydrogen-bond acceptors (Lipinski definition) is 6. The quantitative estimate of drug-likeness (QED) is 0.734. The number of carbonyl (C=O) groups is 2. The SMILES string of the molecule is CC(=O)OC1CC(OC(C)=O)C(F)(F)C(CN)O1. The Kier molecular flexibility index (Phi) is 4.58. The van der Waals surface area contributed by atoms with Gasteiger partial charge in [-0.05, 0) is 0 Å². The second kappa shape index (κ2) is 5.57. The Hall–Kier alpha value is -1.28. The average molecular weight is 267 g/mol. The molecule has 0 bridgehead atoms. The van der Waals surface area contributed by atoms with E-state index in [0.29, 0.717) is 0 Å². The van der Waals surface area contributed by atoms with Crippen LogP contribution in [0.1, 0.15) is 20.3 Å². The standard InChI is InChI=1S/C10H15F2NO5/c1-5(14)16-7-3-9(17-6(2)15)18-8(4-13)10(7,11)12/h7-9H,3-4,13H2,1-2H3. The molecule has 1 saturated heterocycles. The Morgan fingerprint density at radius 2 is 1.89 bits per heavy atom. The van der Waals surface area contributed by atoms with Crippen LogP contribution in [0.2, 0.25) is 0 Å². The summed E-state index contributed by atoms with van der Waals surface area (Å²) >= 11 is 0. The summed E-state index contributed by atoms with van der Waals surface area (Å²) in [6.07, 6.45) is -5.01. The Balaban J connectivity index is 2.83. The normalized spacial score (nSPS) is 30.6. The van der Waals surface area contributed by atoms with Crippen LogP contribution in [0.4, 0.5) is 8.78 Å². The molecular formula is C10H15F2NO5. The van der Waals surface area contributed by atoms with Gasteiger partial charge >= 0.3 is 17.9 Å². The third-order valence-electron chi connectivity index (χ3n) is 2.40. The molecule has 1 fully saturated rings. The molecule has 1 rings (SSSR count). The lowest BCUT2D eigenvalue weighted by molar-refractivity contribution is -0.294. The summed E-state index contributed by atoms with van der Waals surface area (Å²) in [5.41, 5.74) is 5.18. The van der Waals surface area contributed by atoms with Gasteiger partial charge in [0.15, 0.2) is 6.10 Å². The molecule has 0 saturated carbocycles. The summed E-state index contributed by atoms with van der Waals surface area (Å²) in [7, 11) is 0. The van der Waals surface area contributed by atoms with Crippen LogP contribution in [0.3, 0.4) is 0 Å². The van der Waals surface area contributed by atoms with Crippen LogP contribution in [0, 0.1) is 0 Å². The van der Waals surface area contributed by atoms with Crippen LogP contribution in [-0.2, 0) is 23.8 Å². The van der Waals surface area contributed by atoms with Gasteiger partial charge in [-0.2, -0.15) is 8.78 Å². The highest BCUT2D eigenvalue weighted by Crippen LogP contribution is 2.36. The van der Waals surface area contributed by atoms with E-state index >= 15 is 0 Å². The highest BCUT2D eigenvalue weighted by Gasteiger charge is 2.55. The molecule has 104 valence electrons. The van der Waals surface area contributed by atoms with Crippen molar-refractivity contribution in [1.29, 1.82) is 0 Å². The number of ether oxygens (including phenoxy) is 3. The Morgan fingerprint density at radius 1 is 1.33 bits per heavy atom. The van der Waals surface area contributed by atoms with Crippen molar-refractivity contribution >= 4 is 11.9 Å². The summed E-state index contributed by atoms with van der Waals surface area (Å²) in [6.45, 7) is 1.65. The predicted octanol–water partition coefficient (Wildman–Crippen LogP) is 0.190. The van der Waals surface area contributed by atoms with Crippen LogP contribution in [-0.4, -0.2) is 42.9 Å². The van der Waals surface area contributed by atoms with E-state index in [2.05, 4.69) is 9.47 Å². The first kappa shape index (κ1) is 14.8. The fourth-order valence-electron chi connectivity index (χ4n) is 1.67. The van der Waals surface area contributed by atoms with E-state index in [9.17, 15) is 18.4 Å². The fourth-order valence-corrected chi connectivity index (χ4v) is 1.67. The largest absolute Gasteiger partial charge is 0.456 e. The zero-order valence-corrected chi connectivity index (χ0v) is 10.0. The Morgan fingerprint density at radius 3 is 2.33 bits per heavy atom. The Labute approximate surface area is 102 Å². The smallest absolute Gasteiger partial charge is 0.311 e. The van der Waals surface area contributed by atoms with Gasteiger partial charge in [0.25, 0.3) is 0 Å². The van der Waals surface area contributed by atoms with Gasteiger partial charge in [0, 0.05) is 20.4 Å². The highest BCUT2D eigenvalue weighted by molar-refractivity contribution is 5.66. The van der Waals surface area contributed by atoms with Crippen LogP contribution in [0.25, 0.3) is 0 Å². The number of hydrogen-bond donors (Lipinski definition) is 1. The van der Waals surface area contributed by atoms with Crippen molar-refractivity contribution in [3.05, 3.63) is 0 Å². The molecule has 2 N–H and O–H groups in total. The summed E-state index contributed by atoms with van der Waals surface area (Å²) in [4.78, 5) is 21.6. The molecule has 1 aliphatic rings. The van der Waals surface area contributed by atoms with E-state index in [1.165, 1.54) is 0 Å². The van der Waals surface area contributed by atoms with E-state index in [1.807, 2.05) is 0 Å². The van der Waals surface area contributed by atoms with Gasteiger partial charge in [-0.15, -0.1) is 0 Å². The van der Waals surface area contributed by atoms with Crippen molar-refractivity contribution in [2.75, 3.05) is 6.54 Å². The first-order valence-electron chi connectivity index (χ1n) is 5.35. The van der Waals surface area contributed by atoms with Crippen molar-refractivity contribution in [2.45, 2.75) is 44.7 Å². The van der Waals surface area contributed by atoms with Crippen LogP contribution in [0.5, 0.6) is 0 Å². The molecule has 18 heavy (non-hydrogen) atoms. The monoisotopic (exact) mass is 267 g/mol. The first-order chi connectivity index (χ1) is 8.27. The van der Waals surface area contributed by atoms with Gasteiger partial charge in [-0.1, -0.05) is 0 Å². The number of esters is 2. The lowest BCUT2D eigenvalue weighted by Crippen LogP contribution is -2.58. The molecule has 0 aromatic heterocycles. The molecule has 1 heterocycles. The predicted molar refractivity (Wildman–Crippen MR) is 54.6 cm³/mol. The van der Waals surface area contributed by atoms with Gasteiger partial charge < -0.3 is 19.9 Å². The molecule has 3 unspecified atom stereocenters. The highest BCUT2D eigenvalue weighted by atomic mass is 19.3. The minimum atomic E-state index is -3.42. The van der Waals surface area contributed by atoms with E-state index in [4.69, 9.17) is 10.5 Å². The number of rotatable bonds is 3. The molecule has 0 aromatic rings. The van der Waals surface area contributed by atoms with Crippen LogP contribution >= 0.6 is 0 Å². The number of carbonyl (C=O) groups excluding carboxylic acids is 2. The molecule has 0 spiro atoms. The molecule has 0 aromatic carbocycles. The second-order valence-corrected chi connectivity index (χ2v) is 3.91. The molecule has 6 nitrogen and oxygen atoms in total. The van der Waals surface area contributed by atoms with Crippen molar-refractivity contribution in [3.63, 3.8) is 0 Å². The zero-order valence-electron chi connectivity index (χ0n) is 10.0. The molecule has 1 aliphatic heterocycles. The third kappa shape index (κ3) is 3.36. The van der Waals surface area contributed by atoms with Gasteiger partial charge in [0.05, 0.1) is 6.42 Å². The topological polar surface area (TPSA) is 87.9 Å². The van der Waals surface area contributed by atoms with E-state index in [1.54, 1.807) is 0 Å². The van der Waals surface area contributed by atoms with Crippen LogP contribution in [0.15, 0.2) is 0 Å². The lowest BCUT2D eigenvalue weighted by atomic mass is 10.00. The molecule has 0 amide bonds. The summed E-state index contributed by atoms with van der Waals surface area (Å²) in [5, 5.41) is 0. The van der Waals surface area contributed by atoms with Gasteiger partial charge in [-0.25, -0.2) is 0 Å². The molecule has 0 aliphatic carbocycles. The maximum Gasteiger partial charge on any atom is 0.311 e. The zero-order chi connectivity index (χ0) is 13.9. The average Bonchev–Trinajstić information content (AvgIpc) is 2.21. The van der Waals surface area contributed by atoms with Crippen molar-refractivity contribution in [1.82, 2.24) is 0 Å². The van der Waals surface area contributed by atoms with Gasteiger partial charge in [0.2, 0.25) is 6.29 Å². The minimum Gasteiger partial charge on any atom is -0.456 e. The number of alkyl halides is 2. The summed E-state index contributed by atoms with van der Waals surface area (Å²) < 4.78 is 41.6. The maximum atomic E-state index is 13.8. The molecule has 8 heteroatoms. The van der Waals surface area contributed by atoms with E-state index in [0.717, 1.165) is 13.8 Å². The lowest BCUT2D eigenvalue weighted by Gasteiger charge is -2.39. The summed E-state index contributed by atoms with van der Waals surface area (Å²) in [5.74, 6) is -4.95. The minimum absolute atomic E-state index is 0.428. The first-order valence-corrected chi connectivity index (χ1v) is 5.35. The maximum absolute atomic E-state index is 13.8. The molecule has 0 radical (unpaired) electrons. The molecular weight excluding hydrogens is 252 g/mol. The van der Waals surface area contributed by atoms with E-state index < -0.39 is 49.3 Å². The Bertz CT molecular complexity index is 336. The molecule has 3 atom stereocenters. The van der Waals surface area contributed by atoms with Gasteiger partial charge in [0.1, 0.15) is 6.10 Å². The fraction of sp³-hybridized carbons (Fsp3) is 0.800. The van der Waals surface area contributed by atoms with Crippen LogP contribution < -0.4 is 5.73 Å². The summed E-state index contributed by atoms with van der Waals surface area (Å²) in [6, 6.07) is 0. The number of nitrogens with two attached hydrogens (primary N) is 1. The van der Waals surface area contributed by atoms with Crippen molar-refractivity contribution in [3.8, 4) is 0 Å². The number of halogens is 2. The second-order valence-electron chi connectivity index (χ2n) is 3.91.